The van der Waals surface area contributed by atoms with E-state index in [0.29, 0.717) is 11.8 Å². The van der Waals surface area contributed by atoms with Crippen molar-refractivity contribution in [2.75, 3.05) is 33.2 Å². The zero-order valence-corrected chi connectivity index (χ0v) is 31.7. The topological polar surface area (TPSA) is 160 Å². The SMILES string of the molecule is C[C@H](CCCN(C)Cc1ccccc1)[C@H]1CCC2C3C(C[C@H](OC(=O)CCN)[C@@]21C)[C@@]1(C)CC[C@@H](OC(=O)CCN)CC1C[C@H]3OC(=O)CCN. The van der Waals surface area contributed by atoms with Crippen LogP contribution in [0.3, 0.4) is 0 Å². The first-order valence-electron chi connectivity index (χ1n) is 19.9. The highest BCUT2D eigenvalue weighted by molar-refractivity contribution is 5.70. The summed E-state index contributed by atoms with van der Waals surface area (Å²) in [5.74, 6) is 0.910. The Labute approximate surface area is 306 Å². The fourth-order valence-corrected chi connectivity index (χ4v) is 11.4. The summed E-state index contributed by atoms with van der Waals surface area (Å²) >= 11 is 0. The number of esters is 3. The summed E-state index contributed by atoms with van der Waals surface area (Å²) in [4.78, 5) is 41.3. The molecule has 0 amide bonds. The van der Waals surface area contributed by atoms with E-state index in [1.165, 1.54) is 5.56 Å². The Morgan fingerprint density at radius 1 is 0.843 bits per heavy atom. The zero-order chi connectivity index (χ0) is 36.8. The molecule has 0 heterocycles. The van der Waals surface area contributed by atoms with Crippen LogP contribution >= 0.6 is 0 Å². The van der Waals surface area contributed by atoms with Gasteiger partial charge in [0.15, 0.2) is 0 Å². The fraction of sp³-hybridized carbons (Fsp3) is 0.780. The van der Waals surface area contributed by atoms with Gasteiger partial charge in [-0.05, 0) is 112 Å². The first-order chi connectivity index (χ1) is 24.4. The van der Waals surface area contributed by atoms with Crippen molar-refractivity contribution in [3.8, 4) is 0 Å². The van der Waals surface area contributed by atoms with Gasteiger partial charge in [-0.3, -0.25) is 14.4 Å². The van der Waals surface area contributed by atoms with Crippen molar-refractivity contribution in [1.82, 2.24) is 4.90 Å². The van der Waals surface area contributed by atoms with E-state index >= 15 is 0 Å². The summed E-state index contributed by atoms with van der Waals surface area (Å²) in [5.41, 5.74) is 18.3. The molecule has 1 aromatic rings. The van der Waals surface area contributed by atoms with E-state index in [1.807, 2.05) is 0 Å². The Morgan fingerprint density at radius 2 is 1.49 bits per heavy atom. The molecule has 4 saturated carbocycles. The van der Waals surface area contributed by atoms with Gasteiger partial charge in [0.2, 0.25) is 0 Å². The molecule has 0 saturated heterocycles. The third kappa shape index (κ3) is 8.82. The Kier molecular flexibility index (Phi) is 13.6. The monoisotopic (exact) mass is 710 g/mol. The zero-order valence-electron chi connectivity index (χ0n) is 31.7. The van der Waals surface area contributed by atoms with Gasteiger partial charge in [-0.25, -0.2) is 0 Å². The molecule has 1 aromatic carbocycles. The molecule has 5 rings (SSSR count). The van der Waals surface area contributed by atoms with Crippen LogP contribution in [0.25, 0.3) is 0 Å². The van der Waals surface area contributed by atoms with Crippen LogP contribution in [0, 0.1) is 46.3 Å². The second-order valence-corrected chi connectivity index (χ2v) is 16.9. The molecule has 51 heavy (non-hydrogen) atoms. The minimum atomic E-state index is -0.253. The number of carbonyl (C=O) groups is 3. The standard InChI is InChI=1S/C41H66N4O6/c1-27(9-8-22-45(4)26-28-10-6-5-7-11-28)31-12-13-32-39-33(25-35(41(31,32)3)51-38(48)17-21-44)40(2)18-14-30(49-36(46)15-19-42)23-29(40)24-34(39)50-37(47)16-20-43/h5-7,10-11,27,29-35,39H,8-9,12-26,42-44H2,1-4H3/t27-,29?,30-,31-,32?,33?,34-,35+,39?,40+,41-/m1/s1. The molecule has 4 unspecified atom stereocenters. The Morgan fingerprint density at radius 3 is 2.16 bits per heavy atom. The smallest absolute Gasteiger partial charge is 0.307 e. The van der Waals surface area contributed by atoms with E-state index < -0.39 is 0 Å². The van der Waals surface area contributed by atoms with Crippen LogP contribution < -0.4 is 17.2 Å². The maximum Gasteiger partial charge on any atom is 0.307 e. The van der Waals surface area contributed by atoms with E-state index in [9.17, 15) is 14.4 Å². The van der Waals surface area contributed by atoms with Crippen molar-refractivity contribution in [1.29, 1.82) is 0 Å². The molecule has 0 spiro atoms. The molecular formula is C41H66N4O6. The van der Waals surface area contributed by atoms with Crippen LogP contribution in [0.5, 0.6) is 0 Å². The van der Waals surface area contributed by atoms with E-state index in [-0.39, 0.29) is 110 Å². The van der Waals surface area contributed by atoms with E-state index in [0.717, 1.165) is 70.9 Å². The molecule has 11 atom stereocenters. The number of benzene rings is 1. The first-order valence-corrected chi connectivity index (χ1v) is 19.9. The number of hydrogen-bond donors (Lipinski definition) is 3. The van der Waals surface area contributed by atoms with Gasteiger partial charge in [0, 0.05) is 37.5 Å². The lowest BCUT2D eigenvalue weighted by molar-refractivity contribution is -0.225. The van der Waals surface area contributed by atoms with Crippen molar-refractivity contribution < 1.29 is 28.6 Å². The summed E-state index contributed by atoms with van der Waals surface area (Å²) in [6.45, 7) is 9.90. The molecule has 0 aromatic heterocycles. The molecule has 10 nitrogen and oxygen atoms in total. The van der Waals surface area contributed by atoms with Crippen molar-refractivity contribution in [3.63, 3.8) is 0 Å². The van der Waals surface area contributed by atoms with Gasteiger partial charge >= 0.3 is 17.9 Å². The van der Waals surface area contributed by atoms with Crippen LogP contribution in [-0.4, -0.2) is 74.3 Å². The molecule has 4 aliphatic rings. The minimum absolute atomic E-state index is 0.0644. The maximum atomic E-state index is 13.3. The Balaban J connectivity index is 1.39. The van der Waals surface area contributed by atoms with Gasteiger partial charge < -0.3 is 36.3 Å². The number of nitrogens with zero attached hydrogens (tertiary/aromatic N) is 1. The average Bonchev–Trinajstić information content (AvgIpc) is 3.44. The number of carbonyl (C=O) groups excluding carboxylic acids is 3. The van der Waals surface area contributed by atoms with Crippen LogP contribution in [0.4, 0.5) is 0 Å². The van der Waals surface area contributed by atoms with Gasteiger partial charge in [0.25, 0.3) is 0 Å². The molecular weight excluding hydrogens is 644 g/mol. The Hall–Kier alpha value is -2.53. The first kappa shape index (κ1) is 39.7. The number of hydrogen-bond acceptors (Lipinski definition) is 10. The molecule has 6 N–H and O–H groups in total. The predicted octanol–water partition coefficient (Wildman–Crippen LogP) is 5.20. The fourth-order valence-electron chi connectivity index (χ4n) is 11.4. The lowest BCUT2D eigenvalue weighted by atomic mass is 9.43. The molecule has 0 radical (unpaired) electrons. The molecule has 4 fully saturated rings. The predicted molar refractivity (Wildman–Crippen MR) is 198 cm³/mol. The lowest BCUT2D eigenvalue weighted by Crippen LogP contribution is -2.63. The van der Waals surface area contributed by atoms with E-state index in [4.69, 9.17) is 31.4 Å². The third-order valence-electron chi connectivity index (χ3n) is 13.8. The number of rotatable bonds is 16. The summed E-state index contributed by atoms with van der Waals surface area (Å²) in [6, 6.07) is 10.6. The summed E-state index contributed by atoms with van der Waals surface area (Å²) in [7, 11) is 2.19. The molecule has 0 aliphatic heterocycles. The van der Waals surface area contributed by atoms with Crippen LogP contribution in [0.1, 0.15) is 103 Å². The van der Waals surface area contributed by atoms with Gasteiger partial charge in [-0.2, -0.15) is 0 Å². The van der Waals surface area contributed by atoms with Crippen molar-refractivity contribution in [2.24, 2.45) is 63.5 Å². The quantitative estimate of drug-likeness (QED) is 0.154. The van der Waals surface area contributed by atoms with Gasteiger partial charge in [-0.1, -0.05) is 51.1 Å². The average molecular weight is 711 g/mol. The maximum absolute atomic E-state index is 13.3. The number of ether oxygens (including phenoxy) is 3. The molecule has 0 bridgehead atoms. The molecule has 286 valence electrons. The van der Waals surface area contributed by atoms with Gasteiger partial charge in [-0.15, -0.1) is 0 Å². The second-order valence-electron chi connectivity index (χ2n) is 16.9. The van der Waals surface area contributed by atoms with Crippen molar-refractivity contribution in [2.45, 2.75) is 123 Å². The summed E-state index contributed by atoms with van der Waals surface area (Å²) < 4.78 is 18.8. The molecule has 4 aliphatic carbocycles. The van der Waals surface area contributed by atoms with Crippen molar-refractivity contribution >= 4 is 17.9 Å². The lowest BCUT2D eigenvalue weighted by Gasteiger charge is -2.64. The van der Waals surface area contributed by atoms with Crippen LogP contribution in [0.15, 0.2) is 30.3 Å². The van der Waals surface area contributed by atoms with E-state index in [1.54, 1.807) is 0 Å². The van der Waals surface area contributed by atoms with Crippen LogP contribution in [-0.2, 0) is 35.1 Å². The normalized spacial score (nSPS) is 34.9. The highest BCUT2D eigenvalue weighted by Crippen LogP contribution is 2.69. The summed E-state index contributed by atoms with van der Waals surface area (Å²) in [6.07, 6.45) is 8.16. The highest BCUT2D eigenvalue weighted by Gasteiger charge is 2.67. The largest absolute Gasteiger partial charge is 0.462 e. The van der Waals surface area contributed by atoms with Gasteiger partial charge in [0.05, 0.1) is 19.3 Å². The minimum Gasteiger partial charge on any atom is -0.462 e. The molecule has 10 heteroatoms. The summed E-state index contributed by atoms with van der Waals surface area (Å²) in [5, 5.41) is 0. The highest BCUT2D eigenvalue weighted by atomic mass is 16.6. The second kappa shape index (κ2) is 17.5. The number of fused-ring (bicyclic) bond motifs is 5. The van der Waals surface area contributed by atoms with Crippen LogP contribution in [0.2, 0.25) is 0 Å². The third-order valence-corrected chi connectivity index (χ3v) is 13.8. The number of nitrogens with two attached hydrogens (primary N) is 3. The van der Waals surface area contributed by atoms with E-state index in [2.05, 4.69) is 63.1 Å². The Bertz CT molecular complexity index is 1310. The van der Waals surface area contributed by atoms with Crippen molar-refractivity contribution in [3.05, 3.63) is 35.9 Å². The van der Waals surface area contributed by atoms with Gasteiger partial charge in [0.1, 0.15) is 18.3 Å².